The molecule has 0 radical (unpaired) electrons. The molecule has 0 saturated heterocycles. The van der Waals surface area contributed by atoms with E-state index in [1.165, 1.54) is 12.8 Å². The van der Waals surface area contributed by atoms with Gasteiger partial charge in [0.1, 0.15) is 6.07 Å². The maximum Gasteiger partial charge on any atom is 0.120 e. The Hall–Kier alpha value is 0.250. The van der Waals surface area contributed by atoms with Gasteiger partial charge in [0.2, 0.25) is 0 Å². The average molecular weight is 179 g/mol. The number of rotatable bonds is 6. The molecule has 11 heavy (non-hydrogen) atoms. The van der Waals surface area contributed by atoms with Crippen LogP contribution in [0.25, 0.3) is 0 Å². The summed E-state index contributed by atoms with van der Waals surface area (Å²) >= 11 is 5.39. The van der Waals surface area contributed by atoms with Gasteiger partial charge in [-0.05, 0) is 18.3 Å². The van der Waals surface area contributed by atoms with E-state index in [0.29, 0.717) is 11.5 Å². The molecule has 2 heteroatoms. The maximum absolute atomic E-state index is 5.39. The molecule has 0 aliphatic rings. The summed E-state index contributed by atoms with van der Waals surface area (Å²) in [5.41, 5.74) is 0.417. The molecule has 0 spiro atoms. The highest BCUT2D eigenvalue weighted by molar-refractivity contribution is 6.17. The fourth-order valence-electron chi connectivity index (χ4n) is 1.20. The van der Waals surface area contributed by atoms with Gasteiger partial charge in [0.15, 0.2) is 0 Å². The highest BCUT2D eigenvalue weighted by Gasteiger charge is 2.15. The van der Waals surface area contributed by atoms with E-state index >= 15 is 0 Å². The summed E-state index contributed by atoms with van der Waals surface area (Å²) in [4.78, 5) is 0. The number of halogens is 1. The van der Waals surface area contributed by atoms with Crippen molar-refractivity contribution in [3.8, 4) is 0 Å². The van der Waals surface area contributed by atoms with E-state index in [1.54, 1.807) is 0 Å². The predicted molar refractivity (Wildman–Crippen MR) is 50.0 cm³/mol. The first-order valence-corrected chi connectivity index (χ1v) is 4.79. The van der Waals surface area contributed by atoms with Crippen LogP contribution in [0.3, 0.4) is 0 Å². The molecule has 0 aromatic rings. The van der Waals surface area contributed by atoms with Gasteiger partial charge in [0.05, 0.1) is 0 Å². The fraction of sp³-hybridized carbons (Fsp3) is 1.00. The van der Waals surface area contributed by atoms with Crippen LogP contribution in [0, 0.1) is 5.41 Å². The van der Waals surface area contributed by atoms with E-state index in [0.717, 1.165) is 13.0 Å². The summed E-state index contributed by atoms with van der Waals surface area (Å²) in [6, 6.07) is 0.322. The van der Waals surface area contributed by atoms with E-state index < -0.39 is 0 Å². The van der Waals surface area contributed by atoms with Gasteiger partial charge < -0.3 is 4.74 Å². The van der Waals surface area contributed by atoms with Gasteiger partial charge in [-0.25, -0.2) is 0 Å². The van der Waals surface area contributed by atoms with Gasteiger partial charge in [-0.15, -0.1) is 0 Å². The lowest BCUT2D eigenvalue weighted by atomic mass is 9.85. The van der Waals surface area contributed by atoms with Gasteiger partial charge >= 0.3 is 0 Å². The molecule has 0 aliphatic heterocycles. The van der Waals surface area contributed by atoms with Gasteiger partial charge in [0.25, 0.3) is 0 Å². The first-order chi connectivity index (χ1) is 5.12. The second-order valence-electron chi connectivity index (χ2n) is 3.68. The molecular weight excluding hydrogens is 160 g/mol. The molecule has 68 valence electrons. The third-order valence-electron chi connectivity index (χ3n) is 1.93. The van der Waals surface area contributed by atoms with E-state index in [-0.39, 0.29) is 0 Å². The Morgan fingerprint density at radius 1 is 1.27 bits per heavy atom. The van der Waals surface area contributed by atoms with Crippen LogP contribution in [0.4, 0.5) is 0 Å². The van der Waals surface area contributed by atoms with Crippen molar-refractivity contribution in [1.82, 2.24) is 0 Å². The number of hydrogen-bond donors (Lipinski definition) is 0. The van der Waals surface area contributed by atoms with Gasteiger partial charge in [-0.3, -0.25) is 0 Å². The van der Waals surface area contributed by atoms with Crippen LogP contribution in [0.1, 0.15) is 40.0 Å². The minimum atomic E-state index is 0.322. The predicted octanol–water partition coefficient (Wildman–Crippen LogP) is 3.42. The number of alkyl halides is 1. The summed E-state index contributed by atoms with van der Waals surface area (Å²) in [5.74, 6) is 0. The average Bonchev–Trinajstić information content (AvgIpc) is 1.87. The molecular formula is C9H19ClO. The maximum atomic E-state index is 5.39. The van der Waals surface area contributed by atoms with Crippen LogP contribution in [0.15, 0.2) is 0 Å². The lowest BCUT2D eigenvalue weighted by molar-refractivity contribution is 0.134. The normalized spacial score (nSPS) is 12.0. The van der Waals surface area contributed by atoms with Crippen molar-refractivity contribution >= 4 is 11.6 Å². The van der Waals surface area contributed by atoms with Crippen molar-refractivity contribution in [3.05, 3.63) is 0 Å². The smallest absolute Gasteiger partial charge is 0.120 e. The Kier molecular flexibility index (Phi) is 5.98. The molecule has 0 bridgehead atoms. The highest BCUT2D eigenvalue weighted by atomic mass is 35.5. The minimum Gasteiger partial charge on any atom is -0.366 e. The van der Waals surface area contributed by atoms with Crippen LogP contribution in [0.5, 0.6) is 0 Å². The SMILES string of the molecule is CCCC(C)(C)CCOCCl. The van der Waals surface area contributed by atoms with Crippen molar-refractivity contribution in [3.63, 3.8) is 0 Å². The third kappa shape index (κ3) is 6.64. The second-order valence-corrected chi connectivity index (χ2v) is 3.90. The van der Waals surface area contributed by atoms with Crippen molar-refractivity contribution < 1.29 is 4.74 Å². The highest BCUT2D eigenvalue weighted by Crippen LogP contribution is 2.26. The van der Waals surface area contributed by atoms with Crippen molar-refractivity contribution in [2.75, 3.05) is 12.7 Å². The zero-order valence-electron chi connectivity index (χ0n) is 7.82. The Labute approximate surface area is 75.1 Å². The quantitative estimate of drug-likeness (QED) is 0.448. The zero-order valence-corrected chi connectivity index (χ0v) is 8.58. The Morgan fingerprint density at radius 2 is 1.91 bits per heavy atom. The third-order valence-corrected chi connectivity index (χ3v) is 2.08. The summed E-state index contributed by atoms with van der Waals surface area (Å²) in [7, 11) is 0. The van der Waals surface area contributed by atoms with Crippen LogP contribution in [-0.2, 0) is 4.74 Å². The Bertz CT molecular complexity index is 91.6. The molecule has 0 amide bonds. The van der Waals surface area contributed by atoms with Gasteiger partial charge in [0, 0.05) is 6.61 Å². The summed E-state index contributed by atoms with van der Waals surface area (Å²) in [5, 5.41) is 0. The standard InChI is InChI=1S/C9H19ClO/c1-4-5-9(2,3)6-7-11-8-10/h4-8H2,1-3H3. The molecule has 0 fully saturated rings. The van der Waals surface area contributed by atoms with Crippen LogP contribution in [-0.4, -0.2) is 12.7 Å². The Morgan fingerprint density at radius 3 is 2.36 bits per heavy atom. The van der Waals surface area contributed by atoms with E-state index in [4.69, 9.17) is 16.3 Å². The summed E-state index contributed by atoms with van der Waals surface area (Å²) in [6.07, 6.45) is 3.61. The molecule has 1 nitrogen and oxygen atoms in total. The number of hydrogen-bond acceptors (Lipinski definition) is 1. The molecule has 0 aromatic carbocycles. The monoisotopic (exact) mass is 178 g/mol. The van der Waals surface area contributed by atoms with Gasteiger partial charge in [-0.1, -0.05) is 38.8 Å². The lowest BCUT2D eigenvalue weighted by Crippen LogP contribution is -2.13. The molecule has 0 atom stereocenters. The molecule has 0 heterocycles. The molecule has 0 aliphatic carbocycles. The topological polar surface area (TPSA) is 9.23 Å². The molecule has 0 N–H and O–H groups in total. The van der Waals surface area contributed by atoms with Crippen molar-refractivity contribution in [2.45, 2.75) is 40.0 Å². The van der Waals surface area contributed by atoms with Crippen LogP contribution >= 0.6 is 11.6 Å². The largest absolute Gasteiger partial charge is 0.366 e. The molecule has 0 rings (SSSR count). The van der Waals surface area contributed by atoms with Crippen LogP contribution in [0.2, 0.25) is 0 Å². The number of ether oxygens (including phenoxy) is 1. The van der Waals surface area contributed by atoms with E-state index in [1.807, 2.05) is 0 Å². The zero-order chi connectivity index (χ0) is 8.74. The second kappa shape index (κ2) is 5.84. The molecule has 0 saturated carbocycles. The first-order valence-electron chi connectivity index (χ1n) is 4.26. The van der Waals surface area contributed by atoms with Crippen molar-refractivity contribution in [1.29, 1.82) is 0 Å². The Balaban J connectivity index is 3.38. The fourth-order valence-corrected chi connectivity index (χ4v) is 1.31. The minimum absolute atomic E-state index is 0.322. The van der Waals surface area contributed by atoms with E-state index in [2.05, 4.69) is 20.8 Å². The summed E-state index contributed by atoms with van der Waals surface area (Å²) in [6.45, 7) is 7.54. The van der Waals surface area contributed by atoms with E-state index in [9.17, 15) is 0 Å². The summed E-state index contributed by atoms with van der Waals surface area (Å²) < 4.78 is 5.08. The molecule has 0 aromatic heterocycles. The molecule has 0 unspecified atom stereocenters. The van der Waals surface area contributed by atoms with Crippen LogP contribution < -0.4 is 0 Å². The van der Waals surface area contributed by atoms with Crippen molar-refractivity contribution in [2.24, 2.45) is 5.41 Å². The lowest BCUT2D eigenvalue weighted by Gasteiger charge is -2.23. The first kappa shape index (κ1) is 11.2. The van der Waals surface area contributed by atoms with Gasteiger partial charge in [-0.2, -0.15) is 0 Å².